The van der Waals surface area contributed by atoms with Gasteiger partial charge in [0.2, 0.25) is 0 Å². The van der Waals surface area contributed by atoms with Crippen LogP contribution in [0.4, 0.5) is 10.1 Å². The molecule has 166 valence electrons. The minimum Gasteiger partial charge on any atom is -0.497 e. The van der Waals surface area contributed by atoms with Crippen molar-refractivity contribution in [3.8, 4) is 17.9 Å². The number of ketones is 1. The number of nitriles is 2. The zero-order valence-electron chi connectivity index (χ0n) is 18.4. The second-order valence-corrected chi connectivity index (χ2v) is 8.40. The standard InChI is InChI=1S/C28H20FN3O2/c1-34-20-13-10-19(11-14-20)27(33)26-25(21-7-3-4-8-22(21)29)28(16-30,17-31)24-15-12-18-6-2-5-9-23(18)32(24)26/h2-15,24-26H,1H3/t24-,25-,26-/m0/s1. The Morgan fingerprint density at radius 2 is 1.68 bits per heavy atom. The second kappa shape index (κ2) is 8.17. The normalized spacial score (nSPS) is 21.6. The Bertz CT molecular complexity index is 1370. The van der Waals surface area contributed by atoms with Crippen LogP contribution < -0.4 is 9.64 Å². The van der Waals surface area contributed by atoms with Crippen molar-refractivity contribution < 1.29 is 13.9 Å². The second-order valence-electron chi connectivity index (χ2n) is 8.40. The fourth-order valence-corrected chi connectivity index (χ4v) is 5.23. The largest absolute Gasteiger partial charge is 0.497 e. The number of carbonyl (C=O) groups is 1. The molecule has 3 aromatic rings. The van der Waals surface area contributed by atoms with E-state index in [2.05, 4.69) is 12.1 Å². The third kappa shape index (κ3) is 3.00. The van der Waals surface area contributed by atoms with Crippen LogP contribution in [0.5, 0.6) is 5.75 Å². The summed E-state index contributed by atoms with van der Waals surface area (Å²) in [5.41, 5.74) is 0.488. The molecule has 2 heterocycles. The Labute approximate surface area is 196 Å². The van der Waals surface area contributed by atoms with E-state index in [1.54, 1.807) is 48.5 Å². The minimum absolute atomic E-state index is 0.178. The quantitative estimate of drug-likeness (QED) is 0.517. The molecule has 3 aromatic carbocycles. The summed E-state index contributed by atoms with van der Waals surface area (Å²) in [6, 6.07) is 22.9. The molecule has 3 atom stereocenters. The van der Waals surface area contributed by atoms with Crippen molar-refractivity contribution in [3.63, 3.8) is 0 Å². The third-order valence-corrected chi connectivity index (χ3v) is 6.80. The summed E-state index contributed by atoms with van der Waals surface area (Å²) in [4.78, 5) is 15.9. The van der Waals surface area contributed by atoms with E-state index in [1.165, 1.54) is 13.2 Å². The van der Waals surface area contributed by atoms with Gasteiger partial charge in [-0.05, 0) is 47.5 Å². The number of ether oxygens (including phenoxy) is 1. The molecule has 0 radical (unpaired) electrons. The van der Waals surface area contributed by atoms with E-state index in [9.17, 15) is 15.3 Å². The van der Waals surface area contributed by atoms with Crippen LogP contribution in [-0.2, 0) is 0 Å². The fourth-order valence-electron chi connectivity index (χ4n) is 5.23. The molecule has 0 aliphatic carbocycles. The number of fused-ring (bicyclic) bond motifs is 3. The number of halogens is 1. The van der Waals surface area contributed by atoms with Crippen LogP contribution in [0.25, 0.3) is 6.08 Å². The highest BCUT2D eigenvalue weighted by Crippen LogP contribution is 2.55. The Morgan fingerprint density at radius 3 is 2.35 bits per heavy atom. The first-order chi connectivity index (χ1) is 16.6. The summed E-state index contributed by atoms with van der Waals surface area (Å²) in [7, 11) is 1.54. The van der Waals surface area contributed by atoms with Crippen molar-refractivity contribution in [2.75, 3.05) is 12.0 Å². The van der Waals surface area contributed by atoms with Gasteiger partial charge in [0.15, 0.2) is 11.2 Å². The number of Topliss-reactive ketones (excluding diaryl/α,β-unsaturated/α-hetero) is 1. The van der Waals surface area contributed by atoms with Crippen LogP contribution in [0.1, 0.15) is 27.4 Å². The number of carbonyl (C=O) groups excluding carboxylic acids is 1. The summed E-state index contributed by atoms with van der Waals surface area (Å²) in [5, 5.41) is 20.8. The van der Waals surface area contributed by atoms with Gasteiger partial charge in [-0.1, -0.05) is 48.6 Å². The van der Waals surface area contributed by atoms with Gasteiger partial charge >= 0.3 is 0 Å². The molecule has 34 heavy (non-hydrogen) atoms. The Morgan fingerprint density at radius 1 is 1.00 bits per heavy atom. The number of nitrogens with zero attached hydrogens (tertiary/aromatic N) is 3. The summed E-state index contributed by atoms with van der Waals surface area (Å²) in [5.74, 6) is -1.26. The number of hydrogen-bond donors (Lipinski definition) is 0. The predicted molar refractivity (Wildman–Crippen MR) is 126 cm³/mol. The molecule has 0 N–H and O–H groups in total. The van der Waals surface area contributed by atoms with Crippen LogP contribution in [0.3, 0.4) is 0 Å². The summed E-state index contributed by atoms with van der Waals surface area (Å²) >= 11 is 0. The van der Waals surface area contributed by atoms with Crippen LogP contribution in [-0.4, -0.2) is 25.0 Å². The van der Waals surface area contributed by atoms with Gasteiger partial charge in [0, 0.05) is 17.2 Å². The molecular formula is C28H20FN3O2. The maximum Gasteiger partial charge on any atom is 0.185 e. The van der Waals surface area contributed by atoms with E-state index in [1.807, 2.05) is 35.2 Å². The Balaban J connectivity index is 1.78. The maximum absolute atomic E-state index is 15.2. The van der Waals surface area contributed by atoms with E-state index in [0.717, 1.165) is 11.3 Å². The van der Waals surface area contributed by atoms with E-state index in [0.29, 0.717) is 11.3 Å². The summed E-state index contributed by atoms with van der Waals surface area (Å²) in [6.45, 7) is 0. The minimum atomic E-state index is -1.68. The highest BCUT2D eigenvalue weighted by Gasteiger charge is 2.63. The van der Waals surface area contributed by atoms with Gasteiger partial charge < -0.3 is 9.64 Å². The molecule has 1 fully saturated rings. The van der Waals surface area contributed by atoms with Gasteiger partial charge in [0.05, 0.1) is 25.3 Å². The zero-order chi connectivity index (χ0) is 23.9. The average molecular weight is 449 g/mol. The molecule has 2 aliphatic heterocycles. The van der Waals surface area contributed by atoms with Crippen molar-refractivity contribution in [3.05, 3.63) is 101 Å². The van der Waals surface area contributed by atoms with E-state index >= 15 is 4.39 Å². The monoisotopic (exact) mass is 449 g/mol. The smallest absolute Gasteiger partial charge is 0.185 e. The van der Waals surface area contributed by atoms with Crippen LogP contribution >= 0.6 is 0 Å². The fraction of sp³-hybridized carbons (Fsp3) is 0.179. The molecule has 0 saturated carbocycles. The predicted octanol–water partition coefficient (Wildman–Crippen LogP) is 5.12. The topological polar surface area (TPSA) is 77.1 Å². The van der Waals surface area contributed by atoms with Crippen molar-refractivity contribution in [1.29, 1.82) is 10.5 Å². The van der Waals surface area contributed by atoms with Crippen LogP contribution in [0.15, 0.2) is 78.9 Å². The van der Waals surface area contributed by atoms with E-state index < -0.39 is 29.2 Å². The lowest BCUT2D eigenvalue weighted by Crippen LogP contribution is -2.44. The maximum atomic E-state index is 15.2. The van der Waals surface area contributed by atoms with Crippen molar-refractivity contribution in [2.24, 2.45) is 5.41 Å². The molecule has 5 nitrogen and oxygen atoms in total. The molecule has 0 spiro atoms. The molecule has 0 unspecified atom stereocenters. The lowest BCUT2D eigenvalue weighted by atomic mass is 9.69. The van der Waals surface area contributed by atoms with Crippen molar-refractivity contribution in [1.82, 2.24) is 0 Å². The first-order valence-corrected chi connectivity index (χ1v) is 10.9. The lowest BCUT2D eigenvalue weighted by molar-refractivity contribution is 0.0950. The SMILES string of the molecule is COc1ccc(C(=O)[C@@H]2[C@H](c3ccccc3F)C(C#N)(C#N)[C@@H]3C=Cc4ccccc4N23)cc1. The number of para-hydroxylation sites is 1. The first-order valence-electron chi connectivity index (χ1n) is 10.9. The third-order valence-electron chi connectivity index (χ3n) is 6.80. The highest BCUT2D eigenvalue weighted by atomic mass is 19.1. The molecule has 0 amide bonds. The first kappa shape index (κ1) is 21.4. The Kier molecular flexibility index (Phi) is 5.15. The summed E-state index contributed by atoms with van der Waals surface area (Å²) < 4.78 is 20.4. The number of anilines is 1. The van der Waals surface area contributed by atoms with Crippen LogP contribution in [0, 0.1) is 33.9 Å². The van der Waals surface area contributed by atoms with Gasteiger partial charge in [0.1, 0.15) is 17.6 Å². The van der Waals surface area contributed by atoms with E-state index in [4.69, 9.17) is 4.74 Å². The van der Waals surface area contributed by atoms with Crippen molar-refractivity contribution >= 4 is 17.5 Å². The number of benzene rings is 3. The highest BCUT2D eigenvalue weighted by molar-refractivity contribution is 6.04. The van der Waals surface area contributed by atoms with Crippen molar-refractivity contribution in [2.45, 2.75) is 18.0 Å². The van der Waals surface area contributed by atoms with Gasteiger partial charge in [-0.3, -0.25) is 4.79 Å². The van der Waals surface area contributed by atoms with Gasteiger partial charge in [-0.25, -0.2) is 4.39 Å². The molecular weight excluding hydrogens is 429 g/mol. The van der Waals surface area contributed by atoms with Crippen LogP contribution in [0.2, 0.25) is 0 Å². The molecule has 5 rings (SSSR count). The molecule has 2 aliphatic rings. The van der Waals surface area contributed by atoms with Gasteiger partial charge in [-0.15, -0.1) is 0 Å². The molecule has 0 bridgehead atoms. The Hall–Kier alpha value is -4.42. The number of hydrogen-bond acceptors (Lipinski definition) is 5. The molecule has 0 aromatic heterocycles. The molecule has 1 saturated heterocycles. The summed E-state index contributed by atoms with van der Waals surface area (Å²) in [6.07, 6.45) is 3.64. The zero-order valence-corrected chi connectivity index (χ0v) is 18.4. The number of rotatable bonds is 4. The number of methoxy groups -OCH3 is 1. The molecule has 6 heteroatoms. The van der Waals surface area contributed by atoms with E-state index in [-0.39, 0.29) is 11.3 Å². The van der Waals surface area contributed by atoms with Gasteiger partial charge in [0.25, 0.3) is 0 Å². The average Bonchev–Trinajstić information content (AvgIpc) is 3.19. The lowest BCUT2D eigenvalue weighted by Gasteiger charge is -2.35. The van der Waals surface area contributed by atoms with Gasteiger partial charge in [-0.2, -0.15) is 10.5 Å².